The van der Waals surface area contributed by atoms with E-state index in [0.29, 0.717) is 16.7 Å². The van der Waals surface area contributed by atoms with E-state index < -0.39 is 0 Å². The molecule has 0 saturated heterocycles. The van der Waals surface area contributed by atoms with E-state index in [9.17, 15) is 4.79 Å². The molecule has 0 aliphatic heterocycles. The summed E-state index contributed by atoms with van der Waals surface area (Å²) in [5, 5.41) is 8.64. The number of aryl methyl sites for hydroxylation is 1. The van der Waals surface area contributed by atoms with Crippen LogP contribution in [0.25, 0.3) is 21.9 Å². The quantitative estimate of drug-likeness (QED) is 0.355. The van der Waals surface area contributed by atoms with Crippen molar-refractivity contribution in [3.05, 3.63) is 83.0 Å². The number of carbonyl (C=O) groups excluding carboxylic acids is 1. The Kier molecular flexibility index (Phi) is 4.80. The number of nitrogens with one attached hydrogen (secondary N) is 3. The molecule has 31 heavy (non-hydrogen) atoms. The molecule has 0 bridgehead atoms. The summed E-state index contributed by atoms with van der Waals surface area (Å²) in [6.45, 7) is 2.11. The third-order valence-electron chi connectivity index (χ3n) is 5.15. The third-order valence-corrected chi connectivity index (χ3v) is 5.42. The molecular weight excluding hydrogens is 412 g/mol. The first-order chi connectivity index (χ1) is 15.1. The second kappa shape index (κ2) is 7.77. The number of halogens is 1. The summed E-state index contributed by atoms with van der Waals surface area (Å²) in [6.07, 6.45) is 0.917. The number of imidazole rings is 1. The van der Waals surface area contributed by atoms with Crippen LogP contribution < -0.4 is 10.7 Å². The first kappa shape index (κ1) is 19.1. The average molecular weight is 431 g/mol. The van der Waals surface area contributed by atoms with E-state index in [1.54, 1.807) is 12.1 Å². The molecule has 154 valence electrons. The van der Waals surface area contributed by atoms with Crippen molar-refractivity contribution in [3.63, 3.8) is 0 Å². The maximum Gasteiger partial charge on any atom is 0.271 e. The van der Waals surface area contributed by atoms with Gasteiger partial charge in [0.1, 0.15) is 0 Å². The van der Waals surface area contributed by atoms with Crippen molar-refractivity contribution in [2.45, 2.75) is 13.3 Å². The van der Waals surface area contributed by atoms with Crippen molar-refractivity contribution >= 4 is 51.1 Å². The van der Waals surface area contributed by atoms with Crippen LogP contribution in [0.1, 0.15) is 22.8 Å². The first-order valence-corrected chi connectivity index (χ1v) is 10.3. The Labute approximate surface area is 183 Å². The summed E-state index contributed by atoms with van der Waals surface area (Å²) >= 11 is 6.17. The highest BCUT2D eigenvalue weighted by Crippen LogP contribution is 2.24. The second-order valence-electron chi connectivity index (χ2n) is 7.11. The molecule has 0 saturated carbocycles. The van der Waals surface area contributed by atoms with E-state index in [4.69, 9.17) is 11.6 Å². The SMILES string of the molecule is CCc1ccccc1Nc1nc2ccc(C(=O)Nn3nc(Cl)c4ccccc43)cc2[nH]1. The minimum absolute atomic E-state index is 0.299. The largest absolute Gasteiger partial charge is 0.326 e. The molecule has 2 heterocycles. The molecule has 0 aliphatic carbocycles. The van der Waals surface area contributed by atoms with Crippen LogP contribution in [-0.4, -0.2) is 25.8 Å². The predicted octanol–water partition coefficient (Wildman–Crippen LogP) is 5.26. The number of benzene rings is 3. The van der Waals surface area contributed by atoms with Gasteiger partial charge >= 0.3 is 0 Å². The number of H-pyrrole nitrogens is 1. The number of hydrogen-bond acceptors (Lipinski definition) is 4. The van der Waals surface area contributed by atoms with Gasteiger partial charge in [-0.05, 0) is 48.4 Å². The Morgan fingerprint density at radius 3 is 2.77 bits per heavy atom. The molecular formula is C23H19ClN6O. The number of hydrogen-bond donors (Lipinski definition) is 3. The highest BCUT2D eigenvalue weighted by Gasteiger charge is 2.13. The third kappa shape index (κ3) is 3.60. The van der Waals surface area contributed by atoms with Crippen molar-refractivity contribution in [1.29, 1.82) is 0 Å². The van der Waals surface area contributed by atoms with Gasteiger partial charge in [-0.25, -0.2) is 10.4 Å². The Hall–Kier alpha value is -3.84. The lowest BCUT2D eigenvalue weighted by Crippen LogP contribution is -2.23. The van der Waals surface area contributed by atoms with Gasteiger partial charge < -0.3 is 10.3 Å². The molecule has 3 aromatic carbocycles. The van der Waals surface area contributed by atoms with Gasteiger partial charge in [0.05, 0.1) is 16.6 Å². The van der Waals surface area contributed by atoms with Gasteiger partial charge in [0.15, 0.2) is 5.15 Å². The zero-order valence-electron chi connectivity index (χ0n) is 16.7. The summed E-state index contributed by atoms with van der Waals surface area (Å²) in [4.78, 5) is 22.0. The van der Waals surface area contributed by atoms with Gasteiger partial charge in [-0.15, -0.1) is 5.10 Å². The summed E-state index contributed by atoms with van der Waals surface area (Å²) in [5.41, 5.74) is 7.71. The van der Waals surface area contributed by atoms with Gasteiger partial charge in [0.2, 0.25) is 5.95 Å². The van der Waals surface area contributed by atoms with E-state index in [1.165, 1.54) is 10.4 Å². The number of fused-ring (bicyclic) bond motifs is 2. The van der Waals surface area contributed by atoms with E-state index in [2.05, 4.69) is 38.8 Å². The standard InChI is InChI=1S/C23H19ClN6O/c1-2-14-7-3-5-9-17(14)25-23-26-18-12-11-15(13-19(18)27-23)22(31)29-30-20-10-6-4-8-16(20)21(24)28-30/h3-13H,2H2,1H3,(H,29,31)(H2,25,26,27). The highest BCUT2D eigenvalue weighted by molar-refractivity contribution is 6.34. The molecule has 0 spiro atoms. The number of para-hydroxylation sites is 2. The smallest absolute Gasteiger partial charge is 0.271 e. The van der Waals surface area contributed by atoms with Crippen molar-refractivity contribution in [2.24, 2.45) is 0 Å². The zero-order chi connectivity index (χ0) is 21.4. The fourth-order valence-electron chi connectivity index (χ4n) is 3.56. The zero-order valence-corrected chi connectivity index (χ0v) is 17.4. The van der Waals surface area contributed by atoms with Gasteiger partial charge in [-0.3, -0.25) is 4.79 Å². The molecule has 0 radical (unpaired) electrons. The highest BCUT2D eigenvalue weighted by atomic mass is 35.5. The van der Waals surface area contributed by atoms with Crippen LogP contribution >= 0.6 is 11.6 Å². The van der Waals surface area contributed by atoms with Crippen molar-refractivity contribution in [1.82, 2.24) is 19.9 Å². The van der Waals surface area contributed by atoms with Crippen LogP contribution in [-0.2, 0) is 6.42 Å². The molecule has 0 fully saturated rings. The molecule has 0 atom stereocenters. The summed E-state index contributed by atoms with van der Waals surface area (Å²) in [6, 6.07) is 20.9. The van der Waals surface area contributed by atoms with E-state index in [-0.39, 0.29) is 5.91 Å². The molecule has 8 heteroatoms. The number of aromatic nitrogens is 4. The Morgan fingerprint density at radius 2 is 1.90 bits per heavy atom. The van der Waals surface area contributed by atoms with E-state index in [1.807, 2.05) is 48.5 Å². The molecule has 5 aromatic rings. The lowest BCUT2D eigenvalue weighted by molar-refractivity contribution is 0.101. The lowest BCUT2D eigenvalue weighted by atomic mass is 10.1. The van der Waals surface area contributed by atoms with Gasteiger partial charge in [0, 0.05) is 16.6 Å². The molecule has 3 N–H and O–H groups in total. The van der Waals surface area contributed by atoms with Crippen LogP contribution in [0.2, 0.25) is 5.15 Å². The van der Waals surface area contributed by atoms with Crippen LogP contribution in [0.3, 0.4) is 0 Å². The minimum Gasteiger partial charge on any atom is -0.326 e. The first-order valence-electron chi connectivity index (χ1n) is 9.91. The Bertz CT molecular complexity index is 1420. The van der Waals surface area contributed by atoms with E-state index in [0.717, 1.165) is 34.0 Å². The normalized spacial score (nSPS) is 11.2. The average Bonchev–Trinajstić information content (AvgIpc) is 3.34. The van der Waals surface area contributed by atoms with Crippen molar-refractivity contribution in [2.75, 3.05) is 10.7 Å². The number of rotatable bonds is 5. The summed E-state index contributed by atoms with van der Waals surface area (Å²) in [7, 11) is 0. The fraction of sp³-hybridized carbons (Fsp3) is 0.0870. The van der Waals surface area contributed by atoms with Crippen LogP contribution in [0, 0.1) is 0 Å². The maximum atomic E-state index is 12.8. The molecule has 7 nitrogen and oxygen atoms in total. The lowest BCUT2D eigenvalue weighted by Gasteiger charge is -2.07. The number of amides is 1. The van der Waals surface area contributed by atoms with Crippen LogP contribution in [0.4, 0.5) is 11.6 Å². The second-order valence-corrected chi connectivity index (χ2v) is 7.47. The van der Waals surface area contributed by atoms with Crippen LogP contribution in [0.15, 0.2) is 66.7 Å². The van der Waals surface area contributed by atoms with Crippen LogP contribution in [0.5, 0.6) is 0 Å². The molecule has 1 amide bonds. The molecule has 2 aromatic heterocycles. The number of aromatic amines is 1. The van der Waals surface area contributed by atoms with Gasteiger partial charge in [0.25, 0.3) is 5.91 Å². The monoisotopic (exact) mass is 430 g/mol. The molecule has 0 unspecified atom stereocenters. The molecule has 0 aliphatic rings. The van der Waals surface area contributed by atoms with Crippen molar-refractivity contribution < 1.29 is 4.79 Å². The topological polar surface area (TPSA) is 87.6 Å². The Morgan fingerprint density at radius 1 is 1.10 bits per heavy atom. The van der Waals surface area contributed by atoms with Gasteiger partial charge in [-0.1, -0.05) is 48.9 Å². The van der Waals surface area contributed by atoms with Gasteiger partial charge in [-0.2, -0.15) is 4.79 Å². The van der Waals surface area contributed by atoms with E-state index >= 15 is 0 Å². The number of nitrogens with zero attached hydrogens (tertiary/aromatic N) is 3. The number of carbonyl (C=O) groups is 1. The Balaban J connectivity index is 1.41. The predicted molar refractivity (Wildman–Crippen MR) is 124 cm³/mol. The number of anilines is 2. The summed E-state index contributed by atoms with van der Waals surface area (Å²) in [5.74, 6) is 0.325. The maximum absolute atomic E-state index is 12.8. The fourth-order valence-corrected chi connectivity index (χ4v) is 3.80. The van der Waals surface area contributed by atoms with Crippen molar-refractivity contribution in [3.8, 4) is 0 Å². The molecule has 5 rings (SSSR count). The minimum atomic E-state index is -0.299. The summed E-state index contributed by atoms with van der Waals surface area (Å²) < 4.78 is 0.